The molecule has 0 aromatic heterocycles. The van der Waals surface area contributed by atoms with Crippen molar-refractivity contribution in [3.8, 4) is 0 Å². The van der Waals surface area contributed by atoms with Gasteiger partial charge in [-0.1, -0.05) is 30.3 Å². The Labute approximate surface area is 160 Å². The van der Waals surface area contributed by atoms with Gasteiger partial charge in [-0.05, 0) is 19.4 Å². The van der Waals surface area contributed by atoms with E-state index in [0.717, 1.165) is 0 Å². The van der Waals surface area contributed by atoms with E-state index in [1.807, 2.05) is 0 Å². The zero-order valence-corrected chi connectivity index (χ0v) is 15.1. The Kier molecular flexibility index (Phi) is 9.96. The van der Waals surface area contributed by atoms with Crippen molar-refractivity contribution >= 4 is 17.7 Å². The number of aliphatic carboxylic acids is 1. The number of hydrogen-bond acceptors (Lipinski definition) is 5. The molecule has 5 nitrogen and oxygen atoms in total. The Bertz CT molecular complexity index is 473. The van der Waals surface area contributed by atoms with Crippen molar-refractivity contribution in [2.75, 3.05) is 6.61 Å². The van der Waals surface area contributed by atoms with Crippen molar-refractivity contribution in [1.82, 2.24) is 0 Å². The van der Waals surface area contributed by atoms with E-state index in [1.165, 1.54) is 0 Å². The second-order valence-corrected chi connectivity index (χ2v) is 3.98. The molecule has 1 unspecified atom stereocenters. The van der Waals surface area contributed by atoms with Gasteiger partial charge in [0.25, 0.3) is 0 Å². The van der Waals surface area contributed by atoms with Gasteiger partial charge >= 0.3 is 57.4 Å². The molecule has 1 rings (SSSR count). The molecular weight excluding hydrogens is 285 g/mol. The van der Waals surface area contributed by atoms with Crippen molar-refractivity contribution in [2.45, 2.75) is 26.3 Å². The molecule has 0 fully saturated rings. The molecule has 0 aliphatic rings. The summed E-state index contributed by atoms with van der Waals surface area (Å²) < 4.78 is 4.78. The average molecular weight is 301 g/mol. The van der Waals surface area contributed by atoms with Crippen LogP contribution in [0.3, 0.4) is 0 Å². The van der Waals surface area contributed by atoms with E-state index >= 15 is 0 Å². The molecule has 0 aliphatic carbocycles. The van der Waals surface area contributed by atoms with Crippen LogP contribution >= 0.6 is 0 Å². The first-order valence-corrected chi connectivity index (χ1v) is 5.99. The van der Waals surface area contributed by atoms with Gasteiger partial charge in [0.05, 0.1) is 19.0 Å². The Hall–Kier alpha value is -0.534. The van der Waals surface area contributed by atoms with Gasteiger partial charge in [-0.2, -0.15) is 0 Å². The van der Waals surface area contributed by atoms with Crippen molar-refractivity contribution in [3.05, 3.63) is 35.9 Å². The molecule has 0 spiro atoms. The van der Waals surface area contributed by atoms with Crippen LogP contribution in [0.15, 0.2) is 35.3 Å². The van der Waals surface area contributed by atoms with E-state index in [-0.39, 0.29) is 64.4 Å². The van der Waals surface area contributed by atoms with Crippen LogP contribution in [-0.2, 0) is 14.3 Å². The van der Waals surface area contributed by atoms with Crippen LogP contribution in [0.25, 0.3) is 0 Å². The van der Waals surface area contributed by atoms with Gasteiger partial charge in [-0.25, -0.2) is 0 Å². The molecule has 0 radical (unpaired) electrons. The summed E-state index contributed by atoms with van der Waals surface area (Å²) in [4.78, 5) is 26.4. The monoisotopic (exact) mass is 301 g/mol. The van der Waals surface area contributed by atoms with Crippen LogP contribution in [0, 0.1) is 0 Å². The number of rotatable bonds is 6. The van der Waals surface area contributed by atoms with Crippen LogP contribution in [0.2, 0.25) is 0 Å². The first-order chi connectivity index (χ1) is 9.04. The number of carboxylic acid groups (broad SMARTS) is 1. The third kappa shape index (κ3) is 6.76. The molecule has 0 heterocycles. The standard InChI is InChI=1S/C14H17NO4.K/c1-3-19-12(16)9-10(2)15-13(14(17)18)11-7-5-4-6-8-11;/h4-8,13H,3,9H2,1-2H3,(H,17,18);/q;+1/p-1. The Balaban J connectivity index is 0.00000361. The smallest absolute Gasteiger partial charge is 0.547 e. The van der Waals surface area contributed by atoms with Crippen molar-refractivity contribution in [2.24, 2.45) is 4.99 Å². The summed E-state index contributed by atoms with van der Waals surface area (Å²) in [6.45, 7) is 3.59. The van der Waals surface area contributed by atoms with Gasteiger partial charge in [0.1, 0.15) is 6.04 Å². The quantitative estimate of drug-likeness (QED) is 0.342. The molecule has 0 N–H and O–H groups in total. The molecule has 102 valence electrons. The summed E-state index contributed by atoms with van der Waals surface area (Å²) >= 11 is 0. The summed E-state index contributed by atoms with van der Waals surface area (Å²) in [5.74, 6) is -1.72. The molecule has 0 saturated heterocycles. The minimum Gasteiger partial charge on any atom is -0.547 e. The van der Waals surface area contributed by atoms with E-state index in [1.54, 1.807) is 44.2 Å². The van der Waals surface area contributed by atoms with E-state index in [0.29, 0.717) is 11.3 Å². The molecule has 0 saturated carbocycles. The molecular formula is C14H16KNO4. The van der Waals surface area contributed by atoms with Crippen molar-refractivity contribution < 1.29 is 70.8 Å². The molecule has 1 aromatic rings. The number of carbonyl (C=O) groups excluding carboxylic acids is 2. The second kappa shape index (κ2) is 10.2. The van der Waals surface area contributed by atoms with Crippen LogP contribution < -0.4 is 56.5 Å². The molecule has 1 atom stereocenters. The van der Waals surface area contributed by atoms with Crippen molar-refractivity contribution in [3.63, 3.8) is 0 Å². The van der Waals surface area contributed by atoms with Gasteiger partial charge in [0.2, 0.25) is 0 Å². The zero-order chi connectivity index (χ0) is 14.3. The first-order valence-electron chi connectivity index (χ1n) is 5.99. The third-order valence-electron chi connectivity index (χ3n) is 2.39. The van der Waals surface area contributed by atoms with Gasteiger partial charge in [0, 0.05) is 5.71 Å². The molecule has 0 amide bonds. The largest absolute Gasteiger partial charge is 1.00 e. The Morgan fingerprint density at radius 2 is 1.90 bits per heavy atom. The zero-order valence-electron chi connectivity index (χ0n) is 12.0. The molecule has 6 heteroatoms. The maximum atomic E-state index is 11.3. The van der Waals surface area contributed by atoms with E-state index < -0.39 is 18.0 Å². The SMILES string of the molecule is CCOC(=O)CC(C)=NC(C(=O)[O-])c1ccccc1.[K+]. The van der Waals surface area contributed by atoms with E-state index in [4.69, 9.17) is 4.74 Å². The second-order valence-electron chi connectivity index (χ2n) is 3.98. The van der Waals surface area contributed by atoms with Crippen LogP contribution in [-0.4, -0.2) is 24.3 Å². The normalized spacial score (nSPS) is 12.2. The Morgan fingerprint density at radius 3 is 2.40 bits per heavy atom. The summed E-state index contributed by atoms with van der Waals surface area (Å²) in [5.41, 5.74) is 0.919. The number of hydrogen-bond donors (Lipinski definition) is 0. The number of ether oxygens (including phenoxy) is 1. The number of carboxylic acids is 1. The molecule has 0 bridgehead atoms. The molecule has 0 aliphatic heterocycles. The minimum atomic E-state index is -1.30. The number of carbonyl (C=O) groups is 2. The number of esters is 1. The van der Waals surface area contributed by atoms with Gasteiger partial charge in [0.15, 0.2) is 0 Å². The van der Waals surface area contributed by atoms with E-state index in [2.05, 4.69) is 4.99 Å². The predicted octanol–water partition coefficient (Wildman–Crippen LogP) is -2.10. The number of nitrogens with zero attached hydrogens (tertiary/aromatic N) is 1. The fraction of sp³-hybridized carbons (Fsp3) is 0.357. The number of benzene rings is 1. The minimum absolute atomic E-state index is 0. The fourth-order valence-electron chi connectivity index (χ4n) is 1.59. The molecule has 20 heavy (non-hydrogen) atoms. The number of aliphatic imine (C=N–C) groups is 1. The predicted molar refractivity (Wildman–Crippen MR) is 68.5 cm³/mol. The van der Waals surface area contributed by atoms with Gasteiger partial charge in [-0.15, -0.1) is 0 Å². The summed E-state index contributed by atoms with van der Waals surface area (Å²) in [7, 11) is 0. The fourth-order valence-corrected chi connectivity index (χ4v) is 1.59. The third-order valence-corrected chi connectivity index (χ3v) is 2.39. The average Bonchev–Trinajstić information content (AvgIpc) is 2.37. The molecule has 1 aromatic carbocycles. The first kappa shape index (κ1) is 19.5. The van der Waals surface area contributed by atoms with Crippen LogP contribution in [0.1, 0.15) is 31.9 Å². The summed E-state index contributed by atoms with van der Waals surface area (Å²) in [6.07, 6.45) is -0.0234. The maximum Gasteiger partial charge on any atom is 1.00 e. The van der Waals surface area contributed by atoms with Gasteiger partial charge < -0.3 is 14.6 Å². The summed E-state index contributed by atoms with van der Waals surface area (Å²) in [6, 6.07) is 7.44. The van der Waals surface area contributed by atoms with E-state index in [9.17, 15) is 14.7 Å². The Morgan fingerprint density at radius 1 is 1.30 bits per heavy atom. The van der Waals surface area contributed by atoms with Crippen LogP contribution in [0.5, 0.6) is 0 Å². The van der Waals surface area contributed by atoms with Gasteiger partial charge in [-0.3, -0.25) is 9.79 Å². The van der Waals surface area contributed by atoms with Crippen molar-refractivity contribution in [1.29, 1.82) is 0 Å². The topological polar surface area (TPSA) is 78.8 Å². The summed E-state index contributed by atoms with van der Waals surface area (Å²) in [5, 5.41) is 11.1. The van der Waals surface area contributed by atoms with Crippen LogP contribution in [0.4, 0.5) is 0 Å². The maximum absolute atomic E-state index is 11.3.